The van der Waals surface area contributed by atoms with Gasteiger partial charge in [-0.3, -0.25) is 0 Å². The quantitative estimate of drug-likeness (QED) is 0.345. The highest BCUT2D eigenvalue weighted by Crippen LogP contribution is 1.83. The first-order valence-corrected chi connectivity index (χ1v) is 5.18. The first kappa shape index (κ1) is 13.9. The molecule has 0 aliphatic carbocycles. The fourth-order valence-corrected chi connectivity index (χ4v) is 0.943. The summed E-state index contributed by atoms with van der Waals surface area (Å²) >= 11 is 0. The van der Waals surface area contributed by atoms with Gasteiger partial charge in [-0.25, -0.2) is 4.79 Å². The van der Waals surface area contributed by atoms with Gasteiger partial charge in [-0.15, -0.1) is 12.3 Å². The highest BCUT2D eigenvalue weighted by Gasteiger charge is 1.99. The van der Waals surface area contributed by atoms with Gasteiger partial charge < -0.3 is 14.8 Å². The summed E-state index contributed by atoms with van der Waals surface area (Å²) in [5.74, 6) is 2.25. The van der Waals surface area contributed by atoms with Crippen molar-refractivity contribution in [3.05, 3.63) is 0 Å². The first-order chi connectivity index (χ1) is 7.31. The average Bonchev–Trinajstić information content (AvgIpc) is 2.22. The molecule has 4 nitrogen and oxygen atoms in total. The van der Waals surface area contributed by atoms with Crippen LogP contribution in [-0.4, -0.2) is 38.9 Å². The van der Waals surface area contributed by atoms with Crippen molar-refractivity contribution >= 4 is 5.97 Å². The minimum atomic E-state index is -0.315. The Kier molecular flexibility index (Phi) is 10.3. The summed E-state index contributed by atoms with van der Waals surface area (Å²) < 4.78 is 9.77. The van der Waals surface area contributed by atoms with Crippen LogP contribution in [0.2, 0.25) is 0 Å². The van der Waals surface area contributed by atoms with Crippen molar-refractivity contribution in [3.63, 3.8) is 0 Å². The van der Waals surface area contributed by atoms with E-state index in [0.717, 1.165) is 25.9 Å². The van der Waals surface area contributed by atoms with E-state index in [1.165, 1.54) is 0 Å². The number of hydrogen-bond donors (Lipinski definition) is 1. The van der Waals surface area contributed by atoms with Gasteiger partial charge in [-0.05, 0) is 19.9 Å². The van der Waals surface area contributed by atoms with Gasteiger partial charge in [0.1, 0.15) is 6.61 Å². The van der Waals surface area contributed by atoms with Gasteiger partial charge in [0.2, 0.25) is 0 Å². The lowest BCUT2D eigenvalue weighted by molar-refractivity contribution is -0.148. The first-order valence-electron chi connectivity index (χ1n) is 5.18. The van der Waals surface area contributed by atoms with Gasteiger partial charge in [0, 0.05) is 13.0 Å². The lowest BCUT2D eigenvalue weighted by Gasteiger charge is -2.05. The smallest absolute Gasteiger partial charge is 0.332 e. The van der Waals surface area contributed by atoms with Gasteiger partial charge in [0.25, 0.3) is 0 Å². The van der Waals surface area contributed by atoms with Crippen LogP contribution in [0.25, 0.3) is 0 Å². The van der Waals surface area contributed by atoms with Crippen molar-refractivity contribution in [1.82, 2.24) is 5.32 Å². The van der Waals surface area contributed by atoms with Gasteiger partial charge in [0.05, 0.1) is 13.2 Å². The third-order valence-corrected chi connectivity index (χ3v) is 1.62. The minimum Gasteiger partial charge on any atom is -0.464 e. The number of rotatable bonds is 9. The lowest BCUT2D eigenvalue weighted by Crippen LogP contribution is -2.22. The van der Waals surface area contributed by atoms with Crippen LogP contribution in [0.1, 0.15) is 19.8 Å². The molecular weight excluding hydrogens is 194 g/mol. The molecule has 0 saturated heterocycles. The van der Waals surface area contributed by atoms with Gasteiger partial charge in [0.15, 0.2) is 0 Å². The molecule has 4 heteroatoms. The number of nitrogens with one attached hydrogen (secondary N) is 1. The van der Waals surface area contributed by atoms with Crippen LogP contribution in [0.3, 0.4) is 0 Å². The summed E-state index contributed by atoms with van der Waals surface area (Å²) in [6.45, 7) is 4.31. The molecule has 0 rings (SSSR count). The number of terminal acetylenes is 1. The Hall–Kier alpha value is -1.05. The Balaban J connectivity index is 3.05. The van der Waals surface area contributed by atoms with Gasteiger partial charge >= 0.3 is 5.97 Å². The second kappa shape index (κ2) is 11.0. The predicted octanol–water partition coefficient (Wildman–Crippen LogP) is 0.569. The van der Waals surface area contributed by atoms with E-state index in [-0.39, 0.29) is 12.6 Å². The molecule has 0 saturated carbocycles. The maximum Gasteiger partial charge on any atom is 0.332 e. The molecule has 15 heavy (non-hydrogen) atoms. The summed E-state index contributed by atoms with van der Waals surface area (Å²) in [7, 11) is 0. The highest BCUT2D eigenvalue weighted by molar-refractivity contribution is 5.70. The van der Waals surface area contributed by atoms with Crippen molar-refractivity contribution in [2.45, 2.75) is 19.8 Å². The molecule has 0 aromatic rings. The van der Waals surface area contributed by atoms with Crippen molar-refractivity contribution in [3.8, 4) is 12.3 Å². The minimum absolute atomic E-state index is 0.0277. The fraction of sp³-hybridized carbons (Fsp3) is 0.727. The van der Waals surface area contributed by atoms with Crippen LogP contribution in [0, 0.1) is 12.3 Å². The van der Waals surface area contributed by atoms with Crippen molar-refractivity contribution in [2.24, 2.45) is 0 Å². The molecule has 0 unspecified atom stereocenters. The summed E-state index contributed by atoms with van der Waals surface area (Å²) in [6, 6.07) is 0. The molecule has 0 spiro atoms. The fourth-order valence-electron chi connectivity index (χ4n) is 0.943. The third kappa shape index (κ3) is 10.9. The van der Waals surface area contributed by atoms with E-state index in [1.54, 1.807) is 6.92 Å². The summed E-state index contributed by atoms with van der Waals surface area (Å²) in [4.78, 5) is 10.8. The van der Waals surface area contributed by atoms with Crippen LogP contribution in [-0.2, 0) is 14.3 Å². The van der Waals surface area contributed by atoms with Crippen molar-refractivity contribution in [1.29, 1.82) is 0 Å². The molecule has 1 N–H and O–H groups in total. The normalized spacial score (nSPS) is 9.60. The van der Waals surface area contributed by atoms with E-state index in [4.69, 9.17) is 15.9 Å². The van der Waals surface area contributed by atoms with Crippen LogP contribution >= 0.6 is 0 Å². The van der Waals surface area contributed by atoms with E-state index in [1.807, 2.05) is 0 Å². The van der Waals surface area contributed by atoms with Gasteiger partial charge in [-0.1, -0.05) is 0 Å². The monoisotopic (exact) mass is 213 g/mol. The third-order valence-electron chi connectivity index (χ3n) is 1.62. The summed E-state index contributed by atoms with van der Waals surface area (Å²) in [5.41, 5.74) is 0. The lowest BCUT2D eigenvalue weighted by atomic mass is 10.3. The molecule has 0 aliphatic rings. The zero-order chi connectivity index (χ0) is 11.4. The second-order valence-corrected chi connectivity index (χ2v) is 2.92. The standard InChI is InChI=1S/C11H19NO3/c1-3-5-6-7-12-8-9-14-10-11(13)15-4-2/h1,12H,4-10H2,2H3. The number of unbranched alkanes of at least 4 members (excludes halogenated alkanes) is 1. The molecule has 0 radical (unpaired) electrons. The molecule has 0 aliphatic heterocycles. The van der Waals surface area contributed by atoms with Crippen molar-refractivity contribution in [2.75, 3.05) is 32.9 Å². The molecule has 0 heterocycles. The summed E-state index contributed by atoms with van der Waals surface area (Å²) in [6.07, 6.45) is 6.85. The second-order valence-electron chi connectivity index (χ2n) is 2.92. The molecule has 0 bridgehead atoms. The zero-order valence-corrected chi connectivity index (χ0v) is 9.25. The Labute approximate surface area is 91.3 Å². The predicted molar refractivity (Wildman–Crippen MR) is 58.4 cm³/mol. The van der Waals surface area contributed by atoms with E-state index in [0.29, 0.717) is 13.2 Å². The van der Waals surface area contributed by atoms with E-state index >= 15 is 0 Å². The number of hydrogen-bond acceptors (Lipinski definition) is 4. The molecule has 0 amide bonds. The van der Waals surface area contributed by atoms with Crippen LogP contribution in [0.15, 0.2) is 0 Å². The van der Waals surface area contributed by atoms with Crippen LogP contribution in [0.5, 0.6) is 0 Å². The number of ether oxygens (including phenoxy) is 2. The Morgan fingerprint density at radius 2 is 2.27 bits per heavy atom. The molecule has 0 fully saturated rings. The maximum absolute atomic E-state index is 10.8. The van der Waals surface area contributed by atoms with E-state index in [9.17, 15) is 4.79 Å². The van der Waals surface area contributed by atoms with Crippen LogP contribution < -0.4 is 5.32 Å². The molecule has 86 valence electrons. The van der Waals surface area contributed by atoms with E-state index < -0.39 is 0 Å². The topological polar surface area (TPSA) is 47.6 Å². The van der Waals surface area contributed by atoms with E-state index in [2.05, 4.69) is 11.2 Å². The van der Waals surface area contributed by atoms with Gasteiger partial charge in [-0.2, -0.15) is 0 Å². The number of carbonyl (C=O) groups excluding carboxylic acids is 1. The number of esters is 1. The Bertz CT molecular complexity index is 198. The highest BCUT2D eigenvalue weighted by atomic mass is 16.6. The van der Waals surface area contributed by atoms with Crippen molar-refractivity contribution < 1.29 is 14.3 Å². The average molecular weight is 213 g/mol. The molecule has 0 atom stereocenters. The number of carbonyl (C=O) groups is 1. The largest absolute Gasteiger partial charge is 0.464 e. The Morgan fingerprint density at radius 1 is 1.47 bits per heavy atom. The molecular formula is C11H19NO3. The maximum atomic E-state index is 10.8. The SMILES string of the molecule is C#CCCCNCCOCC(=O)OCC. The zero-order valence-electron chi connectivity index (χ0n) is 9.25. The summed E-state index contributed by atoms with van der Waals surface area (Å²) in [5, 5.41) is 3.15. The molecule has 0 aromatic carbocycles. The van der Waals surface area contributed by atoms with Crippen LogP contribution in [0.4, 0.5) is 0 Å². The molecule has 0 aromatic heterocycles. The Morgan fingerprint density at radius 3 is 2.93 bits per heavy atom.